The highest BCUT2D eigenvalue weighted by Crippen LogP contribution is 2.23. The largest absolute Gasteiger partial charge is 0.337 e. The van der Waals surface area contributed by atoms with E-state index < -0.39 is 0 Å². The van der Waals surface area contributed by atoms with E-state index in [9.17, 15) is 4.79 Å². The van der Waals surface area contributed by atoms with Gasteiger partial charge in [-0.3, -0.25) is 9.69 Å². The molecule has 0 spiro atoms. The maximum absolute atomic E-state index is 13.1. The lowest BCUT2D eigenvalue weighted by Gasteiger charge is -2.32. The monoisotopic (exact) mass is 367 g/mol. The van der Waals surface area contributed by atoms with Crippen LogP contribution in [0.5, 0.6) is 0 Å². The van der Waals surface area contributed by atoms with Gasteiger partial charge in [-0.25, -0.2) is 4.68 Å². The summed E-state index contributed by atoms with van der Waals surface area (Å²) in [4.78, 5) is 17.7. The molecule has 2 saturated heterocycles. The Bertz CT molecular complexity index is 837. The topological polar surface area (TPSA) is 53.4 Å². The van der Waals surface area contributed by atoms with Crippen LogP contribution in [0.25, 0.3) is 5.69 Å². The van der Waals surface area contributed by atoms with Crippen LogP contribution in [0.3, 0.4) is 0 Å². The maximum Gasteiger partial charge on any atom is 0.257 e. The van der Waals surface area contributed by atoms with Crippen LogP contribution in [0.4, 0.5) is 0 Å². The third kappa shape index (κ3) is 3.51. The summed E-state index contributed by atoms with van der Waals surface area (Å²) in [5, 5.41) is 7.94. The van der Waals surface area contributed by atoms with Crippen LogP contribution in [0, 0.1) is 20.8 Å². The van der Waals surface area contributed by atoms with Crippen molar-refractivity contribution in [3.63, 3.8) is 0 Å². The Morgan fingerprint density at radius 2 is 1.93 bits per heavy atom. The second kappa shape index (κ2) is 7.44. The number of aryl methyl sites for hydroxylation is 2. The molecule has 1 aromatic heterocycles. The first-order chi connectivity index (χ1) is 13.0. The lowest BCUT2D eigenvalue weighted by molar-refractivity contribution is 0.0772. The Morgan fingerprint density at radius 3 is 2.70 bits per heavy atom. The molecule has 2 fully saturated rings. The highest BCUT2D eigenvalue weighted by atomic mass is 16.2. The molecule has 0 bridgehead atoms. The van der Waals surface area contributed by atoms with Crippen LogP contribution in [0.15, 0.2) is 24.4 Å². The first-order valence-electron chi connectivity index (χ1n) is 9.91. The molecule has 1 unspecified atom stereocenters. The van der Waals surface area contributed by atoms with Gasteiger partial charge in [0.1, 0.15) is 0 Å². The summed E-state index contributed by atoms with van der Waals surface area (Å²) in [5.41, 5.74) is 5.03. The summed E-state index contributed by atoms with van der Waals surface area (Å²) in [6.07, 6.45) is 2.80. The average molecular weight is 367 g/mol. The molecule has 6 nitrogen and oxygen atoms in total. The molecular weight excluding hydrogens is 338 g/mol. The minimum Gasteiger partial charge on any atom is -0.337 e. The lowest BCUT2D eigenvalue weighted by atomic mass is 10.1. The molecule has 2 aliphatic heterocycles. The summed E-state index contributed by atoms with van der Waals surface area (Å²) in [6, 6.07) is 6.82. The van der Waals surface area contributed by atoms with Gasteiger partial charge in [-0.15, -0.1) is 0 Å². The number of nitrogens with zero attached hydrogens (tertiary/aromatic N) is 4. The molecule has 3 heterocycles. The van der Waals surface area contributed by atoms with Crippen LogP contribution < -0.4 is 5.32 Å². The molecule has 1 amide bonds. The molecule has 1 atom stereocenters. The Morgan fingerprint density at radius 1 is 1.15 bits per heavy atom. The van der Waals surface area contributed by atoms with Crippen LogP contribution in [-0.4, -0.2) is 70.8 Å². The molecule has 0 radical (unpaired) electrons. The summed E-state index contributed by atoms with van der Waals surface area (Å²) in [5.74, 6) is 0.113. The number of aromatic nitrogens is 2. The van der Waals surface area contributed by atoms with E-state index >= 15 is 0 Å². The highest BCUT2D eigenvalue weighted by molar-refractivity contribution is 5.95. The van der Waals surface area contributed by atoms with Gasteiger partial charge in [0.05, 0.1) is 23.1 Å². The zero-order valence-electron chi connectivity index (χ0n) is 16.5. The quantitative estimate of drug-likeness (QED) is 0.901. The zero-order valence-corrected chi connectivity index (χ0v) is 16.5. The zero-order chi connectivity index (χ0) is 19.0. The van der Waals surface area contributed by atoms with Gasteiger partial charge in [-0.2, -0.15) is 5.10 Å². The number of carbonyl (C=O) groups excluding carboxylic acids is 1. The van der Waals surface area contributed by atoms with E-state index in [1.807, 2.05) is 16.5 Å². The van der Waals surface area contributed by atoms with Crippen LogP contribution in [0.2, 0.25) is 0 Å². The van der Waals surface area contributed by atoms with Crippen molar-refractivity contribution in [1.82, 2.24) is 24.9 Å². The fraction of sp³-hybridized carbons (Fsp3) is 0.524. The second-order valence-electron chi connectivity index (χ2n) is 7.83. The number of hydrogen-bond acceptors (Lipinski definition) is 4. The lowest BCUT2D eigenvalue weighted by Crippen LogP contribution is -2.49. The number of benzene rings is 1. The SMILES string of the molecule is Cc1ccc(C)c(-n2ncc(C(=O)N3CCC(N4CCNCC4)C3)c2C)c1. The van der Waals surface area contributed by atoms with Crippen LogP contribution in [0.1, 0.15) is 33.6 Å². The molecule has 144 valence electrons. The number of amides is 1. The van der Waals surface area contributed by atoms with E-state index in [2.05, 4.69) is 47.4 Å². The molecular formula is C21H29N5O. The van der Waals surface area contributed by atoms with Crippen LogP contribution in [-0.2, 0) is 0 Å². The number of piperazine rings is 1. The highest BCUT2D eigenvalue weighted by Gasteiger charge is 2.32. The summed E-state index contributed by atoms with van der Waals surface area (Å²) >= 11 is 0. The van der Waals surface area contributed by atoms with Crippen molar-refractivity contribution in [2.45, 2.75) is 33.2 Å². The first kappa shape index (κ1) is 18.2. The van der Waals surface area contributed by atoms with E-state index in [-0.39, 0.29) is 5.91 Å². The van der Waals surface area contributed by atoms with E-state index in [1.54, 1.807) is 6.20 Å². The third-order valence-corrected chi connectivity index (χ3v) is 5.95. The van der Waals surface area contributed by atoms with Gasteiger partial charge >= 0.3 is 0 Å². The van der Waals surface area contributed by atoms with E-state index in [1.165, 1.54) is 5.56 Å². The van der Waals surface area contributed by atoms with Gasteiger partial charge < -0.3 is 10.2 Å². The third-order valence-electron chi connectivity index (χ3n) is 5.95. The van der Waals surface area contributed by atoms with Gasteiger partial charge in [0.25, 0.3) is 5.91 Å². The number of rotatable bonds is 3. The molecule has 1 aromatic carbocycles. The fourth-order valence-electron chi connectivity index (χ4n) is 4.25. The van der Waals surface area contributed by atoms with Gasteiger partial charge in [-0.1, -0.05) is 12.1 Å². The predicted molar refractivity (Wildman–Crippen MR) is 107 cm³/mol. The van der Waals surface area contributed by atoms with Crippen molar-refractivity contribution >= 4 is 5.91 Å². The fourth-order valence-corrected chi connectivity index (χ4v) is 4.25. The second-order valence-corrected chi connectivity index (χ2v) is 7.83. The molecule has 1 N–H and O–H groups in total. The smallest absolute Gasteiger partial charge is 0.257 e. The Balaban J connectivity index is 1.52. The Labute approximate surface area is 161 Å². The number of carbonyl (C=O) groups is 1. The molecule has 4 rings (SSSR count). The van der Waals surface area contributed by atoms with Gasteiger partial charge in [0.15, 0.2) is 0 Å². The average Bonchev–Trinajstić information content (AvgIpc) is 3.31. The molecule has 27 heavy (non-hydrogen) atoms. The van der Waals surface area contributed by atoms with Crippen molar-refractivity contribution in [3.05, 3.63) is 46.8 Å². The molecule has 0 aliphatic carbocycles. The number of hydrogen-bond donors (Lipinski definition) is 1. The minimum absolute atomic E-state index is 0.113. The van der Waals surface area contributed by atoms with E-state index in [0.717, 1.165) is 68.2 Å². The normalized spacial score (nSPS) is 21.0. The molecule has 2 aliphatic rings. The number of nitrogens with one attached hydrogen (secondary N) is 1. The van der Waals surface area contributed by atoms with Crippen LogP contribution >= 0.6 is 0 Å². The summed E-state index contributed by atoms with van der Waals surface area (Å²) in [7, 11) is 0. The van der Waals surface area contributed by atoms with E-state index in [0.29, 0.717) is 6.04 Å². The van der Waals surface area contributed by atoms with Gasteiger partial charge in [-0.05, 0) is 44.4 Å². The van der Waals surface area contributed by atoms with Gasteiger partial charge in [0, 0.05) is 45.3 Å². The van der Waals surface area contributed by atoms with Crippen molar-refractivity contribution in [2.24, 2.45) is 0 Å². The standard InChI is InChI=1S/C21H29N5O/c1-15-4-5-16(2)20(12-15)26-17(3)19(13-23-26)21(27)25-9-6-18(14-25)24-10-7-22-8-11-24/h4-5,12-13,18,22H,6-11,14H2,1-3H3. The number of likely N-dealkylation sites (tertiary alicyclic amines) is 1. The predicted octanol–water partition coefficient (Wildman–Crippen LogP) is 1.92. The van der Waals surface area contributed by atoms with Crippen molar-refractivity contribution in [2.75, 3.05) is 39.3 Å². The summed E-state index contributed by atoms with van der Waals surface area (Å²) in [6.45, 7) is 12.1. The van der Waals surface area contributed by atoms with Crippen molar-refractivity contribution in [1.29, 1.82) is 0 Å². The van der Waals surface area contributed by atoms with Crippen molar-refractivity contribution < 1.29 is 4.79 Å². The summed E-state index contributed by atoms with van der Waals surface area (Å²) < 4.78 is 1.90. The Kier molecular flexibility index (Phi) is 5.02. The maximum atomic E-state index is 13.1. The molecule has 2 aromatic rings. The molecule has 6 heteroatoms. The minimum atomic E-state index is 0.113. The first-order valence-corrected chi connectivity index (χ1v) is 9.91. The Hall–Kier alpha value is -2.18. The van der Waals surface area contributed by atoms with E-state index in [4.69, 9.17) is 0 Å². The molecule has 0 saturated carbocycles. The van der Waals surface area contributed by atoms with Crippen molar-refractivity contribution in [3.8, 4) is 5.69 Å². The van der Waals surface area contributed by atoms with Gasteiger partial charge in [0.2, 0.25) is 0 Å².